The molecule has 0 spiro atoms. The molecule has 3 aromatic heterocycles. The van der Waals surface area contributed by atoms with Crippen LogP contribution in [0.15, 0.2) is 41.3 Å². The zero-order chi connectivity index (χ0) is 16.0. The third-order valence-electron chi connectivity index (χ3n) is 3.50. The molecule has 4 aromatic rings. The highest BCUT2D eigenvalue weighted by atomic mass is 32.1. The zero-order valence-electron chi connectivity index (χ0n) is 12.1. The van der Waals surface area contributed by atoms with Crippen LogP contribution in [0.3, 0.4) is 0 Å². The minimum absolute atomic E-state index is 0.0298. The number of rotatable bonds is 2. The number of methoxy groups -OCH3 is 1. The lowest BCUT2D eigenvalue weighted by atomic mass is 10.2. The van der Waals surface area contributed by atoms with Gasteiger partial charge >= 0.3 is 0 Å². The summed E-state index contributed by atoms with van der Waals surface area (Å²) in [6, 6.07) is 8.60. The van der Waals surface area contributed by atoms with E-state index in [-0.39, 0.29) is 11.3 Å². The summed E-state index contributed by atoms with van der Waals surface area (Å²) in [6.07, 6.45) is 3.36. The second-order valence-corrected chi connectivity index (χ2v) is 5.93. The maximum absolute atomic E-state index is 12.6. The fraction of sp³-hybridized carbons (Fsp3) is 0.0625. The largest absolute Gasteiger partial charge is 0.504 e. The maximum Gasteiger partial charge on any atom is 0.276 e. The maximum atomic E-state index is 12.6. The van der Waals surface area contributed by atoms with Crippen LogP contribution >= 0.6 is 11.3 Å². The quantitative estimate of drug-likeness (QED) is 0.605. The van der Waals surface area contributed by atoms with Gasteiger partial charge in [-0.25, -0.2) is 14.4 Å². The molecule has 1 N–H and O–H groups in total. The molecule has 1 aromatic carbocycles. The Morgan fingerprint density at radius 2 is 2.22 bits per heavy atom. The predicted octanol–water partition coefficient (Wildman–Crippen LogP) is 1.57. The molecule has 7 heteroatoms. The highest BCUT2D eigenvalue weighted by molar-refractivity contribution is 7.15. The summed E-state index contributed by atoms with van der Waals surface area (Å²) in [4.78, 5) is 21.8. The number of ether oxygens (including phenoxy) is 1. The van der Waals surface area contributed by atoms with E-state index in [1.54, 1.807) is 36.5 Å². The molecule has 0 radical (unpaired) electrons. The van der Waals surface area contributed by atoms with Crippen molar-refractivity contribution in [2.75, 3.05) is 7.11 Å². The molecule has 0 saturated heterocycles. The predicted molar refractivity (Wildman–Crippen MR) is 88.1 cm³/mol. The van der Waals surface area contributed by atoms with E-state index in [1.165, 1.54) is 22.8 Å². The number of pyridine rings is 1. The Labute approximate surface area is 133 Å². The fourth-order valence-corrected chi connectivity index (χ4v) is 3.41. The van der Waals surface area contributed by atoms with Crippen molar-refractivity contribution in [3.8, 4) is 11.5 Å². The topological polar surface area (TPSA) is 76.7 Å². The summed E-state index contributed by atoms with van der Waals surface area (Å²) >= 11 is 1.29. The molecule has 114 valence electrons. The molecule has 0 bridgehead atoms. The number of aromatic hydroxyl groups is 1. The Hall–Kier alpha value is -2.93. The van der Waals surface area contributed by atoms with Gasteiger partial charge in [-0.1, -0.05) is 17.4 Å². The summed E-state index contributed by atoms with van der Waals surface area (Å²) in [6.45, 7) is 0. The summed E-state index contributed by atoms with van der Waals surface area (Å²) in [5.41, 5.74) is 1.80. The van der Waals surface area contributed by atoms with Gasteiger partial charge in [-0.15, -0.1) is 0 Å². The zero-order valence-corrected chi connectivity index (χ0v) is 12.9. The van der Waals surface area contributed by atoms with Gasteiger partial charge < -0.3 is 9.84 Å². The van der Waals surface area contributed by atoms with Gasteiger partial charge in [0, 0.05) is 6.20 Å². The Morgan fingerprint density at radius 1 is 1.35 bits per heavy atom. The van der Waals surface area contributed by atoms with Crippen molar-refractivity contribution in [3.63, 3.8) is 0 Å². The standard InChI is InChI=1S/C16H11N3O3S/c1-22-12-5-4-9(7-11(12)20)8-13-15(21)19-14-10(3-2-6-17-14)18-16(19)23-13/h2-8,20H,1H3. The molecule has 6 nitrogen and oxygen atoms in total. The van der Waals surface area contributed by atoms with Crippen molar-refractivity contribution < 1.29 is 9.84 Å². The van der Waals surface area contributed by atoms with Crippen LogP contribution in [-0.2, 0) is 0 Å². The van der Waals surface area contributed by atoms with Crippen LogP contribution in [0.1, 0.15) is 5.56 Å². The van der Waals surface area contributed by atoms with E-state index in [4.69, 9.17) is 4.74 Å². The van der Waals surface area contributed by atoms with Crippen molar-refractivity contribution in [2.45, 2.75) is 0 Å². The number of thiazole rings is 1. The molecule has 0 atom stereocenters. The molecule has 23 heavy (non-hydrogen) atoms. The second kappa shape index (κ2) is 5.06. The number of hydrogen-bond acceptors (Lipinski definition) is 6. The van der Waals surface area contributed by atoms with E-state index < -0.39 is 0 Å². The van der Waals surface area contributed by atoms with Crippen LogP contribution in [0.25, 0.3) is 22.2 Å². The molecule has 0 unspecified atom stereocenters. The third-order valence-corrected chi connectivity index (χ3v) is 4.47. The van der Waals surface area contributed by atoms with Crippen LogP contribution < -0.4 is 14.8 Å². The Balaban J connectivity index is 1.94. The highest BCUT2D eigenvalue weighted by Crippen LogP contribution is 2.26. The summed E-state index contributed by atoms with van der Waals surface area (Å²) in [7, 11) is 1.49. The number of phenols is 1. The number of hydrogen-bond donors (Lipinski definition) is 1. The molecule has 0 aliphatic rings. The van der Waals surface area contributed by atoms with Crippen molar-refractivity contribution in [1.82, 2.24) is 14.4 Å². The molecular weight excluding hydrogens is 314 g/mol. The molecule has 0 fully saturated rings. The van der Waals surface area contributed by atoms with E-state index in [9.17, 15) is 9.90 Å². The van der Waals surface area contributed by atoms with Crippen LogP contribution in [0.5, 0.6) is 11.5 Å². The van der Waals surface area contributed by atoms with Crippen LogP contribution in [0, 0.1) is 0 Å². The first-order valence-corrected chi connectivity index (χ1v) is 7.64. The average molecular weight is 325 g/mol. The highest BCUT2D eigenvalue weighted by Gasteiger charge is 2.11. The van der Waals surface area contributed by atoms with E-state index in [1.807, 2.05) is 6.07 Å². The first kappa shape index (κ1) is 13.7. The summed E-state index contributed by atoms with van der Waals surface area (Å²) < 4.78 is 7.05. The fourth-order valence-electron chi connectivity index (χ4n) is 2.43. The SMILES string of the molecule is COc1ccc(C=c2sc3nc4cccnc4n3c2=O)cc1O. The number of benzene rings is 1. The smallest absolute Gasteiger partial charge is 0.276 e. The van der Waals surface area contributed by atoms with Gasteiger partial charge in [-0.3, -0.25) is 4.79 Å². The second-order valence-electron chi connectivity index (χ2n) is 4.92. The van der Waals surface area contributed by atoms with Gasteiger partial charge in [0.1, 0.15) is 5.52 Å². The van der Waals surface area contributed by atoms with Crippen molar-refractivity contribution >= 4 is 33.5 Å². The first-order chi connectivity index (χ1) is 11.2. The Morgan fingerprint density at radius 3 is 3.00 bits per heavy atom. The van der Waals surface area contributed by atoms with Gasteiger partial charge in [0.2, 0.25) is 0 Å². The lowest BCUT2D eigenvalue weighted by Gasteiger charge is -2.02. The van der Waals surface area contributed by atoms with Crippen molar-refractivity contribution in [3.05, 3.63) is 57.0 Å². The number of aromatic nitrogens is 3. The number of phenolic OH excluding ortho intramolecular Hbond substituents is 1. The molecular formula is C16H11N3O3S. The van der Waals surface area contributed by atoms with Gasteiger partial charge in [-0.2, -0.15) is 0 Å². The van der Waals surface area contributed by atoms with Gasteiger partial charge in [0.25, 0.3) is 5.56 Å². The minimum atomic E-state index is -0.165. The molecule has 0 amide bonds. The van der Waals surface area contributed by atoms with E-state index in [0.717, 1.165) is 0 Å². The van der Waals surface area contributed by atoms with Crippen LogP contribution in [0.4, 0.5) is 0 Å². The number of nitrogens with zero attached hydrogens (tertiary/aromatic N) is 3. The molecule has 0 aliphatic carbocycles. The summed E-state index contributed by atoms with van der Waals surface area (Å²) in [5.74, 6) is 0.419. The average Bonchev–Trinajstić information content (AvgIpc) is 3.05. The normalized spacial score (nSPS) is 12.3. The molecule has 0 saturated carbocycles. The Bertz CT molecular complexity index is 1150. The van der Waals surface area contributed by atoms with Crippen LogP contribution in [-0.4, -0.2) is 26.6 Å². The van der Waals surface area contributed by atoms with Crippen LogP contribution in [0.2, 0.25) is 0 Å². The van der Waals surface area contributed by atoms with E-state index in [0.29, 0.717) is 32.0 Å². The number of imidazole rings is 1. The monoisotopic (exact) mass is 325 g/mol. The van der Waals surface area contributed by atoms with Crippen molar-refractivity contribution in [1.29, 1.82) is 0 Å². The Kier molecular flexibility index (Phi) is 3.02. The minimum Gasteiger partial charge on any atom is -0.504 e. The third kappa shape index (κ3) is 2.13. The van der Waals surface area contributed by atoms with Gasteiger partial charge in [0.15, 0.2) is 22.1 Å². The molecule has 3 heterocycles. The summed E-state index contributed by atoms with van der Waals surface area (Å²) in [5, 5.41) is 9.83. The van der Waals surface area contributed by atoms with Gasteiger partial charge in [0.05, 0.1) is 11.6 Å². The lowest BCUT2D eigenvalue weighted by molar-refractivity contribution is 0.373. The van der Waals surface area contributed by atoms with E-state index in [2.05, 4.69) is 9.97 Å². The van der Waals surface area contributed by atoms with Gasteiger partial charge in [-0.05, 0) is 35.9 Å². The number of fused-ring (bicyclic) bond motifs is 3. The first-order valence-electron chi connectivity index (χ1n) is 6.82. The van der Waals surface area contributed by atoms with Crippen molar-refractivity contribution in [2.24, 2.45) is 0 Å². The lowest BCUT2D eigenvalue weighted by Crippen LogP contribution is -2.22. The molecule has 0 aliphatic heterocycles. The molecule has 4 rings (SSSR count). The van der Waals surface area contributed by atoms with E-state index >= 15 is 0 Å².